The van der Waals surface area contributed by atoms with E-state index in [4.69, 9.17) is 4.52 Å². The van der Waals surface area contributed by atoms with Crippen LogP contribution >= 0.6 is 12.4 Å². The van der Waals surface area contributed by atoms with Gasteiger partial charge in [-0.3, -0.25) is 4.90 Å². The van der Waals surface area contributed by atoms with Crippen LogP contribution in [-0.2, 0) is 6.42 Å². The Morgan fingerprint density at radius 1 is 1.40 bits per heavy atom. The lowest BCUT2D eigenvalue weighted by Gasteiger charge is -2.30. The molecule has 0 radical (unpaired) electrons. The van der Waals surface area contributed by atoms with Gasteiger partial charge >= 0.3 is 0 Å². The first kappa shape index (κ1) is 15.7. The van der Waals surface area contributed by atoms with Gasteiger partial charge < -0.3 is 9.84 Å². The lowest BCUT2D eigenvalue weighted by molar-refractivity contribution is 0.190. The van der Waals surface area contributed by atoms with Crippen LogP contribution < -0.4 is 5.32 Å². The van der Waals surface area contributed by atoms with Gasteiger partial charge in [0.05, 0.1) is 6.04 Å². The highest BCUT2D eigenvalue weighted by atomic mass is 35.5. The molecule has 3 atom stereocenters. The summed E-state index contributed by atoms with van der Waals surface area (Å²) in [5.41, 5.74) is 0. The third-order valence-corrected chi connectivity index (χ3v) is 4.56. The first-order valence-corrected chi connectivity index (χ1v) is 7.46. The third kappa shape index (κ3) is 3.51. The second-order valence-electron chi connectivity index (χ2n) is 6.24. The molecule has 0 aromatic carbocycles. The minimum Gasteiger partial charge on any atom is -0.339 e. The number of piperazine rings is 1. The fraction of sp³-hybridized carbons (Fsp3) is 0.857. The van der Waals surface area contributed by atoms with Crippen molar-refractivity contribution in [2.75, 3.05) is 26.7 Å². The molecule has 3 unspecified atom stereocenters. The summed E-state index contributed by atoms with van der Waals surface area (Å²) < 4.78 is 5.45. The van der Waals surface area contributed by atoms with Crippen LogP contribution in [0.25, 0.3) is 0 Å². The van der Waals surface area contributed by atoms with Crippen molar-refractivity contribution in [3.05, 3.63) is 11.7 Å². The highest BCUT2D eigenvalue weighted by molar-refractivity contribution is 5.85. The number of halogens is 1. The Morgan fingerprint density at radius 3 is 2.95 bits per heavy atom. The predicted octanol–water partition coefficient (Wildman–Crippen LogP) is 2.05. The number of rotatable bonds is 3. The van der Waals surface area contributed by atoms with Crippen LogP contribution in [0.1, 0.15) is 43.9 Å². The van der Waals surface area contributed by atoms with Crippen molar-refractivity contribution in [3.8, 4) is 0 Å². The van der Waals surface area contributed by atoms with Gasteiger partial charge in [-0.25, -0.2) is 0 Å². The van der Waals surface area contributed by atoms with E-state index in [2.05, 4.69) is 34.3 Å². The van der Waals surface area contributed by atoms with Crippen LogP contribution in [0.15, 0.2) is 4.52 Å². The molecule has 6 heteroatoms. The van der Waals surface area contributed by atoms with Crippen molar-refractivity contribution >= 4 is 12.4 Å². The molecule has 1 N–H and O–H groups in total. The minimum absolute atomic E-state index is 0. The fourth-order valence-corrected chi connectivity index (χ4v) is 3.34. The van der Waals surface area contributed by atoms with Crippen molar-refractivity contribution in [2.45, 2.75) is 38.6 Å². The Kier molecular flexibility index (Phi) is 5.41. The summed E-state index contributed by atoms with van der Waals surface area (Å²) in [6.07, 6.45) is 4.93. The van der Waals surface area contributed by atoms with E-state index in [9.17, 15) is 0 Å². The van der Waals surface area contributed by atoms with Gasteiger partial charge in [0.15, 0.2) is 5.82 Å². The second-order valence-corrected chi connectivity index (χ2v) is 6.24. The largest absolute Gasteiger partial charge is 0.339 e. The molecule has 1 aliphatic heterocycles. The van der Waals surface area contributed by atoms with E-state index < -0.39 is 0 Å². The highest BCUT2D eigenvalue weighted by Gasteiger charge is 2.27. The van der Waals surface area contributed by atoms with Crippen molar-refractivity contribution < 1.29 is 4.52 Å². The number of hydrogen-bond donors (Lipinski definition) is 1. The van der Waals surface area contributed by atoms with Gasteiger partial charge in [0.2, 0.25) is 5.89 Å². The number of aromatic nitrogens is 2. The molecule has 5 nitrogen and oxygen atoms in total. The molecule has 1 aromatic heterocycles. The van der Waals surface area contributed by atoms with Crippen LogP contribution in [0.3, 0.4) is 0 Å². The van der Waals surface area contributed by atoms with E-state index in [0.717, 1.165) is 49.6 Å². The van der Waals surface area contributed by atoms with Crippen LogP contribution in [0.2, 0.25) is 0 Å². The zero-order valence-corrected chi connectivity index (χ0v) is 13.2. The molecule has 3 rings (SSSR count). The quantitative estimate of drug-likeness (QED) is 0.926. The van der Waals surface area contributed by atoms with Crippen molar-refractivity contribution in [2.24, 2.45) is 11.8 Å². The predicted molar refractivity (Wildman–Crippen MR) is 80.0 cm³/mol. The van der Waals surface area contributed by atoms with Crippen LogP contribution in [0.4, 0.5) is 0 Å². The standard InChI is InChI=1S/C14H24N4O.ClH/c1-10-3-4-11(7-10)8-13-16-14(17-19-13)12-9-15-5-6-18(12)2;/h10-12,15H,3-9H2,1-2H3;1H. The lowest BCUT2D eigenvalue weighted by Crippen LogP contribution is -2.44. The molecule has 1 saturated carbocycles. The van der Waals surface area contributed by atoms with Gasteiger partial charge in [-0.1, -0.05) is 18.5 Å². The molecule has 2 heterocycles. The van der Waals surface area contributed by atoms with Crippen LogP contribution in [-0.4, -0.2) is 41.7 Å². The topological polar surface area (TPSA) is 54.2 Å². The van der Waals surface area contributed by atoms with E-state index in [-0.39, 0.29) is 18.4 Å². The molecule has 114 valence electrons. The van der Waals surface area contributed by atoms with Crippen molar-refractivity contribution in [1.29, 1.82) is 0 Å². The minimum atomic E-state index is 0. The molecule has 1 aromatic rings. The summed E-state index contributed by atoms with van der Waals surface area (Å²) in [5, 5.41) is 7.57. The van der Waals surface area contributed by atoms with Gasteiger partial charge in [0.25, 0.3) is 0 Å². The smallest absolute Gasteiger partial charge is 0.226 e. The van der Waals surface area contributed by atoms with E-state index in [1.807, 2.05) is 0 Å². The molecular formula is C14H25ClN4O. The van der Waals surface area contributed by atoms with E-state index in [1.165, 1.54) is 19.3 Å². The summed E-state index contributed by atoms with van der Waals surface area (Å²) in [7, 11) is 2.13. The average Bonchev–Trinajstić information content (AvgIpc) is 3.00. The first-order chi connectivity index (χ1) is 9.22. The first-order valence-electron chi connectivity index (χ1n) is 7.46. The summed E-state index contributed by atoms with van der Waals surface area (Å²) >= 11 is 0. The van der Waals surface area contributed by atoms with Crippen LogP contribution in [0, 0.1) is 11.8 Å². The zero-order chi connectivity index (χ0) is 13.2. The van der Waals surface area contributed by atoms with Gasteiger partial charge in [0, 0.05) is 26.1 Å². The molecule has 0 bridgehead atoms. The maximum Gasteiger partial charge on any atom is 0.226 e. The Hall–Kier alpha value is -0.650. The lowest BCUT2D eigenvalue weighted by atomic mass is 10.0. The SMILES string of the molecule is CC1CCC(Cc2nc(C3CNCCN3C)no2)C1.Cl. The maximum absolute atomic E-state index is 5.45. The molecule has 1 saturated heterocycles. The Labute approximate surface area is 126 Å². The maximum atomic E-state index is 5.45. The monoisotopic (exact) mass is 300 g/mol. The highest BCUT2D eigenvalue weighted by Crippen LogP contribution is 2.32. The van der Waals surface area contributed by atoms with E-state index in [1.54, 1.807) is 0 Å². The third-order valence-electron chi connectivity index (χ3n) is 4.56. The second kappa shape index (κ2) is 6.87. The van der Waals surface area contributed by atoms with Gasteiger partial charge in [-0.2, -0.15) is 4.98 Å². The average molecular weight is 301 g/mol. The van der Waals surface area contributed by atoms with E-state index in [0.29, 0.717) is 0 Å². The molecule has 1 aliphatic carbocycles. The summed E-state index contributed by atoms with van der Waals surface area (Å²) in [5.74, 6) is 3.27. The van der Waals surface area contributed by atoms with Gasteiger partial charge in [-0.15, -0.1) is 12.4 Å². The molecule has 2 fully saturated rings. The van der Waals surface area contributed by atoms with Crippen LogP contribution in [0.5, 0.6) is 0 Å². The number of nitrogens with zero attached hydrogens (tertiary/aromatic N) is 3. The Bertz CT molecular complexity index is 425. The van der Waals surface area contributed by atoms with Gasteiger partial charge in [0.1, 0.15) is 0 Å². The zero-order valence-electron chi connectivity index (χ0n) is 12.3. The summed E-state index contributed by atoms with van der Waals surface area (Å²) in [6.45, 7) is 5.32. The molecule has 0 spiro atoms. The Balaban J connectivity index is 0.00000147. The Morgan fingerprint density at radius 2 is 2.25 bits per heavy atom. The number of hydrogen-bond acceptors (Lipinski definition) is 5. The number of likely N-dealkylation sites (N-methyl/N-ethyl adjacent to an activating group) is 1. The normalized spacial score (nSPS) is 31.2. The van der Waals surface area contributed by atoms with Gasteiger partial charge in [-0.05, 0) is 31.7 Å². The van der Waals surface area contributed by atoms with Crippen molar-refractivity contribution in [1.82, 2.24) is 20.4 Å². The number of nitrogens with one attached hydrogen (secondary N) is 1. The summed E-state index contributed by atoms with van der Waals surface area (Å²) in [6, 6.07) is 0.258. The molecular weight excluding hydrogens is 276 g/mol. The molecule has 20 heavy (non-hydrogen) atoms. The van der Waals surface area contributed by atoms with Crippen molar-refractivity contribution in [3.63, 3.8) is 0 Å². The molecule has 0 amide bonds. The molecule has 2 aliphatic rings. The fourth-order valence-electron chi connectivity index (χ4n) is 3.34. The van der Waals surface area contributed by atoms with E-state index >= 15 is 0 Å². The summed E-state index contributed by atoms with van der Waals surface area (Å²) in [4.78, 5) is 6.91.